The topological polar surface area (TPSA) is 70.1 Å². The maximum atomic E-state index is 8.68. The monoisotopic (exact) mass is 284 g/mol. The van der Waals surface area contributed by atoms with E-state index < -0.39 is 0 Å². The zero-order valence-electron chi connectivity index (χ0n) is 11.8. The highest BCUT2D eigenvalue weighted by atomic mass is 32.2. The van der Waals surface area contributed by atoms with Gasteiger partial charge in [0.1, 0.15) is 5.82 Å². The fraction of sp³-hybridized carbons (Fsp3) is 0.692. The molecule has 1 aromatic heterocycles. The molecule has 19 heavy (non-hydrogen) atoms. The maximum absolute atomic E-state index is 8.68. The maximum Gasteiger partial charge on any atom is 0.224 e. The van der Waals surface area contributed by atoms with Crippen molar-refractivity contribution in [2.24, 2.45) is 0 Å². The van der Waals surface area contributed by atoms with Crippen molar-refractivity contribution in [3.8, 4) is 0 Å². The Bertz CT molecular complexity index is 362. The Hall–Kier alpha value is -1.01. The van der Waals surface area contributed by atoms with E-state index in [1.54, 1.807) is 0 Å². The van der Waals surface area contributed by atoms with Gasteiger partial charge in [-0.15, -0.1) is 0 Å². The number of nitrogens with zero attached hydrogens (tertiary/aromatic N) is 2. The summed E-state index contributed by atoms with van der Waals surface area (Å²) in [6.45, 7) is 6.13. The van der Waals surface area contributed by atoms with E-state index >= 15 is 0 Å². The van der Waals surface area contributed by atoms with E-state index in [0.717, 1.165) is 48.9 Å². The molecule has 108 valence electrons. The van der Waals surface area contributed by atoms with Crippen LogP contribution in [0.25, 0.3) is 0 Å². The smallest absolute Gasteiger partial charge is 0.224 e. The molecule has 5 nitrogen and oxygen atoms in total. The van der Waals surface area contributed by atoms with E-state index in [2.05, 4.69) is 27.5 Å². The molecule has 0 fully saturated rings. The molecular weight excluding hydrogens is 260 g/mol. The molecule has 1 aromatic rings. The van der Waals surface area contributed by atoms with E-state index in [4.69, 9.17) is 5.11 Å². The SMILES string of the molecule is CCCNc1nc(C)cc(NCCSCCCO)n1. The van der Waals surface area contributed by atoms with E-state index in [1.807, 2.05) is 24.8 Å². The summed E-state index contributed by atoms with van der Waals surface area (Å²) in [6.07, 6.45) is 1.92. The summed E-state index contributed by atoms with van der Waals surface area (Å²) in [4.78, 5) is 8.77. The van der Waals surface area contributed by atoms with Crippen LogP contribution in [0.15, 0.2) is 6.07 Å². The molecule has 0 atom stereocenters. The van der Waals surface area contributed by atoms with Crippen LogP contribution in [-0.4, -0.2) is 46.3 Å². The normalized spacial score (nSPS) is 10.5. The van der Waals surface area contributed by atoms with Crippen molar-refractivity contribution in [3.05, 3.63) is 11.8 Å². The van der Waals surface area contributed by atoms with Crippen molar-refractivity contribution in [2.75, 3.05) is 41.8 Å². The highest BCUT2D eigenvalue weighted by Gasteiger charge is 2.01. The lowest BCUT2D eigenvalue weighted by atomic mass is 10.4. The third kappa shape index (κ3) is 7.22. The van der Waals surface area contributed by atoms with Crippen molar-refractivity contribution < 1.29 is 5.11 Å². The van der Waals surface area contributed by atoms with E-state index in [0.29, 0.717) is 5.95 Å². The molecule has 0 aromatic carbocycles. The number of hydrogen-bond acceptors (Lipinski definition) is 6. The molecule has 0 aliphatic heterocycles. The average Bonchev–Trinajstić information content (AvgIpc) is 2.40. The quantitative estimate of drug-likeness (QED) is 0.572. The number of hydrogen-bond donors (Lipinski definition) is 3. The molecule has 0 aliphatic rings. The van der Waals surface area contributed by atoms with Gasteiger partial charge < -0.3 is 15.7 Å². The number of aryl methyl sites for hydroxylation is 1. The second-order valence-electron chi connectivity index (χ2n) is 4.26. The minimum absolute atomic E-state index is 0.276. The van der Waals surface area contributed by atoms with Gasteiger partial charge in [0.15, 0.2) is 0 Å². The summed E-state index contributed by atoms with van der Waals surface area (Å²) < 4.78 is 0. The van der Waals surface area contributed by atoms with Crippen molar-refractivity contribution in [2.45, 2.75) is 26.7 Å². The Morgan fingerprint density at radius 3 is 2.79 bits per heavy atom. The zero-order valence-corrected chi connectivity index (χ0v) is 12.6. The van der Waals surface area contributed by atoms with E-state index in [-0.39, 0.29) is 6.61 Å². The van der Waals surface area contributed by atoms with Crippen LogP contribution in [0.3, 0.4) is 0 Å². The van der Waals surface area contributed by atoms with Crippen LogP contribution in [0.2, 0.25) is 0 Å². The predicted octanol–water partition coefficient (Wildman–Crippen LogP) is 2.13. The van der Waals surface area contributed by atoms with Crippen LogP contribution in [0.4, 0.5) is 11.8 Å². The van der Waals surface area contributed by atoms with Gasteiger partial charge in [0, 0.05) is 37.2 Å². The number of thioether (sulfide) groups is 1. The predicted molar refractivity (Wildman–Crippen MR) is 83.1 cm³/mol. The van der Waals surface area contributed by atoms with Gasteiger partial charge in [-0.1, -0.05) is 6.92 Å². The van der Waals surface area contributed by atoms with Crippen LogP contribution < -0.4 is 10.6 Å². The number of aromatic nitrogens is 2. The summed E-state index contributed by atoms with van der Waals surface area (Å²) in [5, 5.41) is 15.2. The Labute approximate surface area is 119 Å². The molecule has 1 rings (SSSR count). The standard InChI is InChI=1S/C13H24N4OS/c1-3-5-15-13-16-11(2)10-12(17-13)14-6-9-19-8-4-7-18/h10,18H,3-9H2,1-2H3,(H2,14,15,16,17). The zero-order chi connectivity index (χ0) is 13.9. The Balaban J connectivity index is 2.34. The first kappa shape index (κ1) is 16.0. The third-order valence-electron chi connectivity index (χ3n) is 2.39. The summed E-state index contributed by atoms with van der Waals surface area (Å²) in [5.74, 6) is 3.58. The largest absolute Gasteiger partial charge is 0.396 e. The fourth-order valence-electron chi connectivity index (χ4n) is 1.49. The molecule has 3 N–H and O–H groups in total. The number of anilines is 2. The van der Waals surface area contributed by atoms with Gasteiger partial charge in [0.2, 0.25) is 5.95 Å². The number of rotatable bonds is 10. The van der Waals surface area contributed by atoms with Crippen molar-refractivity contribution >= 4 is 23.5 Å². The Morgan fingerprint density at radius 2 is 2.05 bits per heavy atom. The minimum Gasteiger partial charge on any atom is -0.396 e. The van der Waals surface area contributed by atoms with Gasteiger partial charge in [0.25, 0.3) is 0 Å². The lowest BCUT2D eigenvalue weighted by molar-refractivity contribution is 0.296. The van der Waals surface area contributed by atoms with Crippen LogP contribution in [-0.2, 0) is 0 Å². The molecule has 0 spiro atoms. The lowest BCUT2D eigenvalue weighted by Gasteiger charge is -2.09. The van der Waals surface area contributed by atoms with Crippen LogP contribution in [0.1, 0.15) is 25.5 Å². The summed E-state index contributed by atoms with van der Waals surface area (Å²) in [5.41, 5.74) is 0.962. The molecule has 6 heteroatoms. The molecule has 0 radical (unpaired) electrons. The highest BCUT2D eigenvalue weighted by molar-refractivity contribution is 7.99. The second kappa shape index (κ2) is 9.86. The van der Waals surface area contributed by atoms with Gasteiger partial charge in [-0.3, -0.25) is 0 Å². The van der Waals surface area contributed by atoms with E-state index in [9.17, 15) is 0 Å². The van der Waals surface area contributed by atoms with Crippen molar-refractivity contribution in [1.82, 2.24) is 9.97 Å². The van der Waals surface area contributed by atoms with Crippen LogP contribution in [0.5, 0.6) is 0 Å². The first-order chi connectivity index (χ1) is 9.26. The summed E-state index contributed by atoms with van der Waals surface area (Å²) in [7, 11) is 0. The molecule has 1 heterocycles. The lowest BCUT2D eigenvalue weighted by Crippen LogP contribution is -2.10. The van der Waals surface area contributed by atoms with E-state index in [1.165, 1.54) is 0 Å². The van der Waals surface area contributed by atoms with Crippen molar-refractivity contribution in [1.29, 1.82) is 0 Å². The molecule has 0 saturated heterocycles. The van der Waals surface area contributed by atoms with Crippen LogP contribution in [0, 0.1) is 6.92 Å². The minimum atomic E-state index is 0.276. The number of aliphatic hydroxyl groups excluding tert-OH is 1. The van der Waals surface area contributed by atoms with Gasteiger partial charge in [0.05, 0.1) is 0 Å². The van der Waals surface area contributed by atoms with Crippen molar-refractivity contribution in [3.63, 3.8) is 0 Å². The van der Waals surface area contributed by atoms with Crippen LogP contribution >= 0.6 is 11.8 Å². The Morgan fingerprint density at radius 1 is 1.21 bits per heavy atom. The van der Waals surface area contributed by atoms with Gasteiger partial charge >= 0.3 is 0 Å². The third-order valence-corrected chi connectivity index (χ3v) is 3.46. The fourth-order valence-corrected chi connectivity index (χ4v) is 2.28. The average molecular weight is 284 g/mol. The summed E-state index contributed by atoms with van der Waals surface area (Å²) >= 11 is 1.84. The van der Waals surface area contributed by atoms with Gasteiger partial charge in [-0.25, -0.2) is 4.98 Å². The molecule has 0 saturated carbocycles. The molecule has 0 bridgehead atoms. The number of nitrogens with one attached hydrogen (secondary N) is 2. The molecule has 0 unspecified atom stereocenters. The Kier molecular flexibility index (Phi) is 8.33. The van der Waals surface area contributed by atoms with Gasteiger partial charge in [-0.05, 0) is 25.5 Å². The molecule has 0 aliphatic carbocycles. The first-order valence-corrected chi connectivity index (χ1v) is 7.93. The van der Waals surface area contributed by atoms with Gasteiger partial charge in [-0.2, -0.15) is 16.7 Å². The number of aliphatic hydroxyl groups is 1. The highest BCUT2D eigenvalue weighted by Crippen LogP contribution is 2.10. The summed E-state index contributed by atoms with van der Waals surface area (Å²) in [6, 6.07) is 1.95. The first-order valence-electron chi connectivity index (χ1n) is 6.78. The molecular formula is C13H24N4OS. The second-order valence-corrected chi connectivity index (χ2v) is 5.49. The molecule has 0 amide bonds.